The number of benzene rings is 1. The molecule has 0 saturated carbocycles. The highest BCUT2D eigenvalue weighted by Gasteiger charge is 2.29. The fourth-order valence-corrected chi connectivity index (χ4v) is 4.61. The summed E-state index contributed by atoms with van der Waals surface area (Å²) in [7, 11) is 6.31. The summed E-state index contributed by atoms with van der Waals surface area (Å²) in [6.45, 7) is 10.0. The lowest BCUT2D eigenvalue weighted by Crippen LogP contribution is -2.36. The highest BCUT2D eigenvalue weighted by atomic mass is 16.5. The molecule has 7 nitrogen and oxygen atoms in total. The number of aromatic hydroxyl groups is 1. The Morgan fingerprint density at radius 3 is 2.32 bits per heavy atom. The largest absolute Gasteiger partial charge is 0.502 e. The van der Waals surface area contributed by atoms with Gasteiger partial charge in [0.05, 0.1) is 26.4 Å². The molecule has 0 aliphatic rings. The maximum Gasteiger partial charge on any atom is 0.202 e. The maximum atomic E-state index is 13.2. The number of ether oxygens (including phenoxy) is 4. The standard InChI is InChI=1S/C30H42O7/c1-10-18(2)13-11-12-14-22(33-6)21(5)29(36-9)19(3)15-16-23-20(4)27(31)26-24(34-7)17-25(35-8)28(32)30(26)37-23/h10-14,17,19,21-22,29,32H,15-16H2,1-9H3/b13-11+,14-12+,18-10-/t19-,21+,22-,29-/m0/s1. The highest BCUT2D eigenvalue weighted by Crippen LogP contribution is 2.40. The van der Waals surface area contributed by atoms with Crippen LogP contribution in [0.5, 0.6) is 17.2 Å². The van der Waals surface area contributed by atoms with Crippen LogP contribution >= 0.6 is 0 Å². The van der Waals surface area contributed by atoms with Gasteiger partial charge in [0.25, 0.3) is 0 Å². The molecule has 7 heteroatoms. The SMILES string of the molecule is C\C=C(C)/C=C/C=C/[C@H](OC)[C@@H](C)[C@@H](OC)[C@@H](C)CCc1oc2c(O)c(OC)cc(OC)c2c(=O)c1C. The summed E-state index contributed by atoms with van der Waals surface area (Å²) in [5, 5.41) is 10.8. The molecular weight excluding hydrogens is 472 g/mol. The first-order valence-corrected chi connectivity index (χ1v) is 12.6. The van der Waals surface area contributed by atoms with Gasteiger partial charge >= 0.3 is 0 Å². The molecule has 0 aliphatic carbocycles. The molecule has 1 N–H and O–H groups in total. The number of rotatable bonds is 13. The van der Waals surface area contributed by atoms with E-state index >= 15 is 0 Å². The summed E-state index contributed by atoms with van der Waals surface area (Å²) in [6.07, 6.45) is 11.1. The van der Waals surface area contributed by atoms with Crippen molar-refractivity contribution < 1.29 is 28.5 Å². The maximum absolute atomic E-state index is 13.2. The van der Waals surface area contributed by atoms with Crippen LogP contribution in [0.4, 0.5) is 0 Å². The molecule has 0 aliphatic heterocycles. The summed E-state index contributed by atoms with van der Waals surface area (Å²) in [5.74, 6) is 0.995. The zero-order chi connectivity index (χ0) is 27.7. The van der Waals surface area contributed by atoms with Gasteiger partial charge < -0.3 is 28.5 Å². The van der Waals surface area contributed by atoms with Crippen LogP contribution in [-0.4, -0.2) is 45.8 Å². The van der Waals surface area contributed by atoms with E-state index in [4.69, 9.17) is 23.4 Å². The zero-order valence-corrected chi connectivity index (χ0v) is 23.6. The molecule has 37 heavy (non-hydrogen) atoms. The fraction of sp³-hybridized carbons (Fsp3) is 0.500. The van der Waals surface area contributed by atoms with Gasteiger partial charge in [0, 0.05) is 38.2 Å². The lowest BCUT2D eigenvalue weighted by molar-refractivity contribution is -0.0343. The van der Waals surface area contributed by atoms with Crippen molar-refractivity contribution in [1.29, 1.82) is 0 Å². The molecule has 0 amide bonds. The van der Waals surface area contributed by atoms with E-state index in [2.05, 4.69) is 26.8 Å². The number of allylic oxidation sites excluding steroid dienone is 5. The molecule has 204 valence electrons. The number of methoxy groups -OCH3 is 4. The molecule has 1 aromatic heterocycles. The fourth-order valence-electron chi connectivity index (χ4n) is 4.61. The number of phenolic OH excluding ortho intramolecular Hbond substituents is 1. The molecule has 0 fully saturated rings. The van der Waals surface area contributed by atoms with Crippen LogP contribution in [0.1, 0.15) is 45.4 Å². The third-order valence-corrected chi connectivity index (χ3v) is 7.03. The molecule has 0 bridgehead atoms. The van der Waals surface area contributed by atoms with E-state index in [9.17, 15) is 9.90 Å². The van der Waals surface area contributed by atoms with Gasteiger partial charge in [0.1, 0.15) is 16.9 Å². The second kappa shape index (κ2) is 14.1. The van der Waals surface area contributed by atoms with Crippen LogP contribution < -0.4 is 14.9 Å². The van der Waals surface area contributed by atoms with Crippen molar-refractivity contribution in [2.45, 2.75) is 59.7 Å². The molecule has 1 heterocycles. The molecule has 1 aromatic carbocycles. The van der Waals surface area contributed by atoms with E-state index in [-0.39, 0.29) is 51.9 Å². The Morgan fingerprint density at radius 2 is 1.76 bits per heavy atom. The van der Waals surface area contributed by atoms with E-state index in [1.807, 2.05) is 31.2 Å². The van der Waals surface area contributed by atoms with Gasteiger partial charge in [-0.1, -0.05) is 49.8 Å². The second-order valence-corrected chi connectivity index (χ2v) is 9.37. The molecule has 0 unspecified atom stereocenters. The Kier molecular flexibility index (Phi) is 11.5. The van der Waals surface area contributed by atoms with Crippen LogP contribution in [0.2, 0.25) is 0 Å². The summed E-state index contributed by atoms with van der Waals surface area (Å²) in [6, 6.07) is 1.48. The molecule has 0 radical (unpaired) electrons. The van der Waals surface area contributed by atoms with Crippen molar-refractivity contribution in [3.8, 4) is 17.2 Å². The first-order chi connectivity index (χ1) is 17.6. The minimum atomic E-state index is -0.235. The van der Waals surface area contributed by atoms with E-state index in [0.717, 1.165) is 0 Å². The van der Waals surface area contributed by atoms with Gasteiger partial charge in [-0.15, -0.1) is 0 Å². The Labute approximate surface area is 220 Å². The zero-order valence-electron chi connectivity index (χ0n) is 23.6. The lowest BCUT2D eigenvalue weighted by Gasteiger charge is -2.32. The molecule has 4 atom stereocenters. The van der Waals surface area contributed by atoms with Gasteiger partial charge in [0.15, 0.2) is 16.8 Å². The number of phenols is 1. The normalized spacial score (nSPS) is 15.9. The predicted octanol–water partition coefficient (Wildman–Crippen LogP) is 6.14. The Morgan fingerprint density at radius 1 is 1.08 bits per heavy atom. The molecule has 0 saturated heterocycles. The topological polar surface area (TPSA) is 87.4 Å². The van der Waals surface area contributed by atoms with E-state index in [0.29, 0.717) is 29.9 Å². The van der Waals surface area contributed by atoms with Crippen LogP contribution in [-0.2, 0) is 15.9 Å². The monoisotopic (exact) mass is 514 g/mol. The van der Waals surface area contributed by atoms with Crippen LogP contribution in [0.3, 0.4) is 0 Å². The average Bonchev–Trinajstić information content (AvgIpc) is 2.90. The summed E-state index contributed by atoms with van der Waals surface area (Å²) in [4.78, 5) is 13.2. The molecular formula is C30H42O7. The average molecular weight is 515 g/mol. The Hall–Kier alpha value is -3.03. The predicted molar refractivity (Wildman–Crippen MR) is 148 cm³/mol. The first-order valence-electron chi connectivity index (χ1n) is 12.6. The molecule has 2 aromatic rings. The second-order valence-electron chi connectivity index (χ2n) is 9.37. The van der Waals surface area contributed by atoms with Crippen molar-refractivity contribution in [2.75, 3.05) is 28.4 Å². The van der Waals surface area contributed by atoms with Gasteiger partial charge in [-0.2, -0.15) is 0 Å². The van der Waals surface area contributed by atoms with E-state index < -0.39 is 0 Å². The quantitative estimate of drug-likeness (QED) is 0.321. The first kappa shape index (κ1) is 30.2. The van der Waals surface area contributed by atoms with Crippen LogP contribution in [0.25, 0.3) is 11.0 Å². The minimum Gasteiger partial charge on any atom is -0.502 e. The van der Waals surface area contributed by atoms with Crippen molar-refractivity contribution in [3.05, 3.63) is 63.6 Å². The van der Waals surface area contributed by atoms with Crippen LogP contribution in [0, 0.1) is 18.8 Å². The summed E-state index contributed by atoms with van der Waals surface area (Å²) in [5.41, 5.74) is 1.51. The summed E-state index contributed by atoms with van der Waals surface area (Å²) < 4.78 is 28.3. The van der Waals surface area contributed by atoms with Crippen molar-refractivity contribution in [1.82, 2.24) is 0 Å². The van der Waals surface area contributed by atoms with Crippen molar-refractivity contribution in [3.63, 3.8) is 0 Å². The van der Waals surface area contributed by atoms with Crippen molar-refractivity contribution in [2.24, 2.45) is 11.8 Å². The van der Waals surface area contributed by atoms with Gasteiger partial charge in [0.2, 0.25) is 5.75 Å². The highest BCUT2D eigenvalue weighted by molar-refractivity contribution is 5.91. The lowest BCUT2D eigenvalue weighted by atomic mass is 9.85. The summed E-state index contributed by atoms with van der Waals surface area (Å²) >= 11 is 0. The Bertz CT molecular complexity index is 1190. The van der Waals surface area contributed by atoms with Gasteiger partial charge in [-0.3, -0.25) is 4.79 Å². The van der Waals surface area contributed by atoms with E-state index in [1.165, 1.54) is 25.9 Å². The van der Waals surface area contributed by atoms with E-state index in [1.54, 1.807) is 21.1 Å². The molecule has 0 spiro atoms. The number of fused-ring (bicyclic) bond motifs is 1. The number of hydrogen-bond donors (Lipinski definition) is 1. The van der Waals surface area contributed by atoms with Gasteiger partial charge in [-0.25, -0.2) is 0 Å². The van der Waals surface area contributed by atoms with Gasteiger partial charge in [-0.05, 0) is 33.1 Å². The third-order valence-electron chi connectivity index (χ3n) is 7.03. The Balaban J connectivity index is 2.27. The smallest absolute Gasteiger partial charge is 0.202 e. The van der Waals surface area contributed by atoms with Crippen molar-refractivity contribution >= 4 is 11.0 Å². The number of hydrogen-bond acceptors (Lipinski definition) is 7. The molecule has 2 rings (SSSR count). The van der Waals surface area contributed by atoms with Crippen LogP contribution in [0.15, 0.2) is 51.2 Å². The minimum absolute atomic E-state index is 0.0666. The third kappa shape index (κ3) is 7.05. The number of aryl methyl sites for hydroxylation is 1.